The van der Waals surface area contributed by atoms with Crippen molar-refractivity contribution in [2.24, 2.45) is 5.73 Å². The number of primary amides is 1. The summed E-state index contributed by atoms with van der Waals surface area (Å²) in [5.41, 5.74) is 8.99. The number of H-pyrrole nitrogens is 2. The maximum Gasteiger partial charge on any atom is 0.254 e. The number of aromatic nitrogens is 6. The van der Waals surface area contributed by atoms with E-state index in [1.165, 1.54) is 6.20 Å². The Hall–Kier alpha value is -4.47. The van der Waals surface area contributed by atoms with E-state index in [1.807, 2.05) is 36.4 Å². The molecule has 2 aromatic carbocycles. The Morgan fingerprint density at radius 2 is 1.62 bits per heavy atom. The molecule has 0 unspecified atom stereocenters. The molecule has 5 aromatic rings. The van der Waals surface area contributed by atoms with Crippen LogP contribution in [-0.2, 0) is 0 Å². The Labute approximate surface area is 163 Å². The third-order valence-corrected chi connectivity index (χ3v) is 4.46. The van der Waals surface area contributed by atoms with Gasteiger partial charge in [-0.25, -0.2) is 4.98 Å². The fourth-order valence-electron chi connectivity index (χ4n) is 3.02. The second-order valence-electron chi connectivity index (χ2n) is 6.41. The smallest absolute Gasteiger partial charge is 0.254 e. The zero-order chi connectivity index (χ0) is 19.8. The molecule has 10 nitrogen and oxygen atoms in total. The number of nitrogens with two attached hydrogens (primary N) is 1. The zero-order valence-electron chi connectivity index (χ0n) is 15.0. The SMILES string of the molecule is NC(=O)c1cnc(Nc2ccc3cn[nH]c3c2)nc1Nc1ccc2[nH]ncc2c1. The summed E-state index contributed by atoms with van der Waals surface area (Å²) in [4.78, 5) is 20.5. The van der Waals surface area contributed by atoms with Crippen molar-refractivity contribution in [3.8, 4) is 0 Å². The van der Waals surface area contributed by atoms with Crippen molar-refractivity contribution in [1.29, 1.82) is 0 Å². The van der Waals surface area contributed by atoms with Crippen LogP contribution in [0.2, 0.25) is 0 Å². The molecule has 0 saturated heterocycles. The normalized spacial score (nSPS) is 11.0. The number of aromatic amines is 2. The van der Waals surface area contributed by atoms with Crippen LogP contribution in [0.1, 0.15) is 10.4 Å². The number of anilines is 4. The molecule has 10 heteroatoms. The predicted molar refractivity (Wildman–Crippen MR) is 109 cm³/mol. The minimum Gasteiger partial charge on any atom is -0.365 e. The van der Waals surface area contributed by atoms with Crippen LogP contribution in [0.4, 0.5) is 23.1 Å². The van der Waals surface area contributed by atoms with Gasteiger partial charge in [-0.15, -0.1) is 0 Å². The Balaban J connectivity index is 1.48. The van der Waals surface area contributed by atoms with Gasteiger partial charge >= 0.3 is 0 Å². The predicted octanol–water partition coefficient (Wildman–Crippen LogP) is 2.82. The molecule has 0 bridgehead atoms. The number of hydrogen-bond donors (Lipinski definition) is 5. The van der Waals surface area contributed by atoms with Crippen molar-refractivity contribution in [2.75, 3.05) is 10.6 Å². The minimum absolute atomic E-state index is 0.187. The van der Waals surface area contributed by atoms with Crippen LogP contribution in [0.15, 0.2) is 55.0 Å². The van der Waals surface area contributed by atoms with Crippen LogP contribution in [0.25, 0.3) is 21.8 Å². The first-order valence-electron chi connectivity index (χ1n) is 8.73. The van der Waals surface area contributed by atoms with Crippen LogP contribution >= 0.6 is 0 Å². The highest BCUT2D eigenvalue weighted by Gasteiger charge is 2.13. The van der Waals surface area contributed by atoms with Gasteiger partial charge in [-0.1, -0.05) is 0 Å². The zero-order valence-corrected chi connectivity index (χ0v) is 15.0. The maximum absolute atomic E-state index is 11.8. The summed E-state index contributed by atoms with van der Waals surface area (Å²) >= 11 is 0. The lowest BCUT2D eigenvalue weighted by Gasteiger charge is -2.11. The van der Waals surface area contributed by atoms with Crippen molar-refractivity contribution < 1.29 is 4.79 Å². The molecule has 142 valence electrons. The summed E-state index contributed by atoms with van der Waals surface area (Å²) in [7, 11) is 0. The summed E-state index contributed by atoms with van der Waals surface area (Å²) < 4.78 is 0. The molecule has 5 rings (SSSR count). The molecule has 29 heavy (non-hydrogen) atoms. The van der Waals surface area contributed by atoms with Gasteiger partial charge in [-0.3, -0.25) is 15.0 Å². The van der Waals surface area contributed by atoms with Gasteiger partial charge in [0.05, 0.1) is 23.4 Å². The van der Waals surface area contributed by atoms with Gasteiger partial charge in [-0.05, 0) is 36.4 Å². The number of carbonyl (C=O) groups excluding carboxylic acids is 1. The molecular weight excluding hydrogens is 370 g/mol. The van der Waals surface area contributed by atoms with Crippen LogP contribution in [0.5, 0.6) is 0 Å². The Morgan fingerprint density at radius 3 is 2.48 bits per heavy atom. The number of rotatable bonds is 5. The van der Waals surface area contributed by atoms with Crippen molar-refractivity contribution in [3.63, 3.8) is 0 Å². The van der Waals surface area contributed by atoms with E-state index in [0.717, 1.165) is 33.2 Å². The van der Waals surface area contributed by atoms with E-state index in [9.17, 15) is 4.79 Å². The second-order valence-corrected chi connectivity index (χ2v) is 6.41. The van der Waals surface area contributed by atoms with E-state index in [2.05, 4.69) is 41.0 Å². The number of fused-ring (bicyclic) bond motifs is 2. The number of nitrogens with zero attached hydrogens (tertiary/aromatic N) is 4. The van der Waals surface area contributed by atoms with E-state index < -0.39 is 5.91 Å². The third-order valence-electron chi connectivity index (χ3n) is 4.46. The fraction of sp³-hybridized carbons (Fsp3) is 0. The first-order chi connectivity index (χ1) is 14.2. The third kappa shape index (κ3) is 3.18. The lowest BCUT2D eigenvalue weighted by molar-refractivity contribution is 0.100. The Morgan fingerprint density at radius 1 is 0.862 bits per heavy atom. The average molecular weight is 385 g/mol. The van der Waals surface area contributed by atoms with E-state index in [0.29, 0.717) is 11.8 Å². The molecule has 3 aromatic heterocycles. The number of nitrogens with one attached hydrogen (secondary N) is 4. The average Bonchev–Trinajstić information content (AvgIpc) is 3.36. The van der Waals surface area contributed by atoms with Gasteiger partial charge in [-0.2, -0.15) is 15.2 Å². The number of carbonyl (C=O) groups is 1. The summed E-state index contributed by atoms with van der Waals surface area (Å²) in [6.45, 7) is 0. The summed E-state index contributed by atoms with van der Waals surface area (Å²) in [5, 5.41) is 22.0. The molecule has 0 fully saturated rings. The standard InChI is InChI=1S/C19H15N9O/c20-17(29)14-9-21-19(25-13-2-1-10-7-22-28-16(10)6-13)26-18(14)24-12-3-4-15-11(5-12)8-23-27-15/h1-9H,(H2,20,29)(H,22,28)(H,23,27)(H2,21,24,25,26). The van der Waals surface area contributed by atoms with Crippen LogP contribution in [0, 0.1) is 0 Å². The molecule has 0 aliphatic heterocycles. The second kappa shape index (κ2) is 6.60. The molecule has 0 atom stereocenters. The van der Waals surface area contributed by atoms with Gasteiger partial charge in [0.1, 0.15) is 11.4 Å². The first-order valence-corrected chi connectivity index (χ1v) is 8.73. The van der Waals surface area contributed by atoms with Gasteiger partial charge < -0.3 is 16.4 Å². The van der Waals surface area contributed by atoms with Gasteiger partial charge in [0.25, 0.3) is 5.91 Å². The quantitative estimate of drug-likeness (QED) is 0.312. The van der Waals surface area contributed by atoms with Crippen LogP contribution in [0.3, 0.4) is 0 Å². The molecule has 0 aliphatic rings. The van der Waals surface area contributed by atoms with Crippen molar-refractivity contribution >= 4 is 50.9 Å². The molecule has 3 heterocycles. The Kier molecular flexibility index (Phi) is 3.80. The lowest BCUT2D eigenvalue weighted by Crippen LogP contribution is -2.15. The maximum atomic E-state index is 11.8. The topological polar surface area (TPSA) is 150 Å². The van der Waals surface area contributed by atoms with Crippen molar-refractivity contribution in [2.45, 2.75) is 0 Å². The van der Waals surface area contributed by atoms with Gasteiger partial charge in [0.2, 0.25) is 5.95 Å². The number of hydrogen-bond acceptors (Lipinski definition) is 7. The van der Waals surface area contributed by atoms with Crippen molar-refractivity contribution in [1.82, 2.24) is 30.4 Å². The molecular formula is C19H15N9O. The van der Waals surface area contributed by atoms with Gasteiger partial charge in [0, 0.05) is 28.3 Å². The number of benzene rings is 2. The highest BCUT2D eigenvalue weighted by Crippen LogP contribution is 2.24. The molecule has 0 aliphatic carbocycles. The van der Waals surface area contributed by atoms with E-state index >= 15 is 0 Å². The number of amides is 1. The minimum atomic E-state index is -0.623. The largest absolute Gasteiger partial charge is 0.365 e. The highest BCUT2D eigenvalue weighted by molar-refractivity contribution is 5.98. The molecule has 1 amide bonds. The highest BCUT2D eigenvalue weighted by atomic mass is 16.1. The van der Waals surface area contributed by atoms with Gasteiger partial charge in [0.15, 0.2) is 0 Å². The Bertz CT molecular complexity index is 1350. The first kappa shape index (κ1) is 16.7. The fourth-order valence-corrected chi connectivity index (χ4v) is 3.02. The van der Waals surface area contributed by atoms with E-state index in [-0.39, 0.29) is 5.56 Å². The van der Waals surface area contributed by atoms with E-state index in [1.54, 1.807) is 12.4 Å². The molecule has 6 N–H and O–H groups in total. The summed E-state index contributed by atoms with van der Waals surface area (Å²) in [6, 6.07) is 11.3. The van der Waals surface area contributed by atoms with Crippen molar-refractivity contribution in [3.05, 3.63) is 60.6 Å². The monoisotopic (exact) mass is 385 g/mol. The van der Waals surface area contributed by atoms with Crippen LogP contribution < -0.4 is 16.4 Å². The molecule has 0 saturated carbocycles. The lowest BCUT2D eigenvalue weighted by atomic mass is 10.2. The van der Waals surface area contributed by atoms with E-state index in [4.69, 9.17) is 5.73 Å². The van der Waals surface area contributed by atoms with Crippen LogP contribution in [-0.4, -0.2) is 36.3 Å². The summed E-state index contributed by atoms with van der Waals surface area (Å²) in [6.07, 6.45) is 4.86. The molecule has 0 radical (unpaired) electrons. The summed E-state index contributed by atoms with van der Waals surface area (Å²) in [5.74, 6) is 0.00327. The molecule has 0 spiro atoms.